The van der Waals surface area contributed by atoms with E-state index >= 15 is 0 Å². The second kappa shape index (κ2) is 6.96. The number of anilines is 1. The maximum Gasteiger partial charge on any atom is 0.451 e. The molecular formula is C16H7Cl2F6N5. The van der Waals surface area contributed by atoms with E-state index in [0.29, 0.717) is 10.2 Å². The number of rotatable bonds is 1. The van der Waals surface area contributed by atoms with Crippen molar-refractivity contribution in [2.75, 3.05) is 5.73 Å². The van der Waals surface area contributed by atoms with Crippen molar-refractivity contribution in [3.63, 3.8) is 0 Å². The average molecular weight is 454 g/mol. The fraction of sp³-hybridized carbons (Fsp3) is 0.188. The largest absolute Gasteiger partial charge is 0.451 e. The van der Waals surface area contributed by atoms with Crippen LogP contribution in [0.2, 0.25) is 10.0 Å². The van der Waals surface area contributed by atoms with E-state index in [0.717, 1.165) is 0 Å². The minimum absolute atomic E-state index is 0.0904. The van der Waals surface area contributed by atoms with E-state index < -0.39 is 40.7 Å². The molecule has 29 heavy (non-hydrogen) atoms. The molecule has 3 rings (SSSR count). The fourth-order valence-corrected chi connectivity index (χ4v) is 3.15. The average Bonchev–Trinajstić information content (AvgIpc) is 2.89. The third kappa shape index (κ3) is 3.77. The van der Waals surface area contributed by atoms with E-state index in [-0.39, 0.29) is 15.7 Å². The van der Waals surface area contributed by atoms with Gasteiger partial charge in [0.2, 0.25) is 5.82 Å². The first kappa shape index (κ1) is 21.0. The molecule has 2 N–H and O–H groups in total. The predicted octanol–water partition coefficient (Wildman–Crippen LogP) is 5.11. The van der Waals surface area contributed by atoms with Gasteiger partial charge in [-0.3, -0.25) is 0 Å². The summed E-state index contributed by atoms with van der Waals surface area (Å²) in [5.74, 6) is 2.61. The fourth-order valence-electron chi connectivity index (χ4n) is 2.50. The summed E-state index contributed by atoms with van der Waals surface area (Å²) < 4.78 is 79.6. The van der Waals surface area contributed by atoms with E-state index in [4.69, 9.17) is 28.9 Å². The van der Waals surface area contributed by atoms with Crippen LogP contribution in [0, 0.1) is 11.8 Å². The molecule has 3 aromatic rings. The molecule has 0 spiro atoms. The molecule has 5 nitrogen and oxygen atoms in total. The standard InChI is InChI=1S/C16H7Cl2F6N5/c1-2-3-6-4-7(17)10(8(18)5-6)29-12(25)9-11(15(19,20)21)26-14(16(22,23)24)27-13(9)28-29/h4-5H,25H2,1H3. The van der Waals surface area contributed by atoms with E-state index in [9.17, 15) is 26.3 Å². The highest BCUT2D eigenvalue weighted by Crippen LogP contribution is 2.40. The lowest BCUT2D eigenvalue weighted by Crippen LogP contribution is -2.17. The Balaban J connectivity index is 2.38. The van der Waals surface area contributed by atoms with E-state index in [1.165, 1.54) is 12.1 Å². The number of hydrogen-bond acceptors (Lipinski definition) is 4. The highest BCUT2D eigenvalue weighted by Gasteiger charge is 2.43. The molecule has 13 heteroatoms. The van der Waals surface area contributed by atoms with Crippen LogP contribution in [-0.2, 0) is 12.4 Å². The Labute approximate surface area is 168 Å². The zero-order chi connectivity index (χ0) is 21.7. The Morgan fingerprint density at radius 3 is 2.07 bits per heavy atom. The summed E-state index contributed by atoms with van der Waals surface area (Å²) in [7, 11) is 0. The van der Waals surface area contributed by atoms with Crippen LogP contribution in [0.5, 0.6) is 0 Å². The molecule has 0 radical (unpaired) electrons. The predicted molar refractivity (Wildman–Crippen MR) is 93.6 cm³/mol. The Morgan fingerprint density at radius 1 is 1.00 bits per heavy atom. The number of nitrogens with zero attached hydrogens (tertiary/aromatic N) is 4. The van der Waals surface area contributed by atoms with Gasteiger partial charge in [0.05, 0.1) is 15.4 Å². The number of benzene rings is 1. The van der Waals surface area contributed by atoms with Gasteiger partial charge in [-0.25, -0.2) is 14.6 Å². The summed E-state index contributed by atoms with van der Waals surface area (Å²) in [6.07, 6.45) is -10.5. The summed E-state index contributed by atoms with van der Waals surface area (Å²) in [4.78, 5) is 5.69. The number of fused-ring (bicyclic) bond motifs is 1. The van der Waals surface area contributed by atoms with Gasteiger partial charge < -0.3 is 5.73 Å². The van der Waals surface area contributed by atoms with Gasteiger partial charge in [-0.2, -0.15) is 26.3 Å². The minimum atomic E-state index is -5.25. The van der Waals surface area contributed by atoms with Crippen molar-refractivity contribution >= 4 is 40.1 Å². The molecule has 2 aromatic heterocycles. The van der Waals surface area contributed by atoms with Gasteiger partial charge in [-0.1, -0.05) is 29.1 Å². The van der Waals surface area contributed by atoms with Crippen molar-refractivity contribution in [1.82, 2.24) is 19.7 Å². The first-order chi connectivity index (χ1) is 13.3. The molecule has 0 aliphatic rings. The molecule has 0 saturated heterocycles. The lowest BCUT2D eigenvalue weighted by atomic mass is 10.2. The second-order valence-corrected chi connectivity index (χ2v) is 6.36. The first-order valence-electron chi connectivity index (χ1n) is 7.47. The topological polar surface area (TPSA) is 69.6 Å². The van der Waals surface area contributed by atoms with Crippen LogP contribution < -0.4 is 5.73 Å². The molecule has 0 saturated carbocycles. The van der Waals surface area contributed by atoms with Gasteiger partial charge in [0, 0.05) is 5.56 Å². The zero-order valence-corrected chi connectivity index (χ0v) is 15.6. The summed E-state index contributed by atoms with van der Waals surface area (Å²) in [6.45, 7) is 1.56. The maximum atomic E-state index is 13.4. The molecule has 0 aliphatic carbocycles. The normalized spacial score (nSPS) is 12.2. The van der Waals surface area contributed by atoms with E-state index in [1.54, 1.807) is 6.92 Å². The Hall–Kier alpha value is -2.71. The van der Waals surface area contributed by atoms with Crippen molar-refractivity contribution < 1.29 is 26.3 Å². The summed E-state index contributed by atoms with van der Waals surface area (Å²) in [5.41, 5.74) is 3.22. The van der Waals surface area contributed by atoms with Gasteiger partial charge in [-0.05, 0) is 19.1 Å². The summed E-state index contributed by atoms with van der Waals surface area (Å²) >= 11 is 12.3. The number of hydrogen-bond donors (Lipinski definition) is 1. The van der Waals surface area contributed by atoms with Gasteiger partial charge in [0.15, 0.2) is 11.3 Å². The number of nitrogen functional groups attached to an aromatic ring is 1. The van der Waals surface area contributed by atoms with Crippen molar-refractivity contribution in [3.05, 3.63) is 39.3 Å². The van der Waals surface area contributed by atoms with Crippen molar-refractivity contribution in [3.8, 4) is 17.5 Å². The van der Waals surface area contributed by atoms with Crippen LogP contribution in [-0.4, -0.2) is 19.7 Å². The molecule has 0 fully saturated rings. The SMILES string of the molecule is CC#Cc1cc(Cl)c(-n2nc3nc(C(F)(F)F)nc(C(F)(F)F)c3c2N)c(Cl)c1. The van der Waals surface area contributed by atoms with Crippen LogP contribution in [0.25, 0.3) is 16.7 Å². The Kier molecular flexibility index (Phi) is 5.04. The van der Waals surface area contributed by atoms with Crippen LogP contribution in [0.4, 0.5) is 32.2 Å². The number of alkyl halides is 6. The summed E-state index contributed by atoms with van der Waals surface area (Å²) in [5, 5.41) is 2.58. The quantitative estimate of drug-likeness (QED) is 0.410. The van der Waals surface area contributed by atoms with Crippen molar-refractivity contribution in [2.45, 2.75) is 19.3 Å². The highest BCUT2D eigenvalue weighted by atomic mass is 35.5. The molecule has 0 unspecified atom stereocenters. The van der Waals surface area contributed by atoms with Gasteiger partial charge >= 0.3 is 12.4 Å². The van der Waals surface area contributed by atoms with Crippen LogP contribution in [0.1, 0.15) is 24.0 Å². The molecule has 0 aliphatic heterocycles. The third-order valence-corrected chi connectivity index (χ3v) is 4.17. The smallest absolute Gasteiger partial charge is 0.383 e. The Morgan fingerprint density at radius 2 is 1.59 bits per heavy atom. The van der Waals surface area contributed by atoms with E-state index in [1.807, 2.05) is 0 Å². The van der Waals surface area contributed by atoms with Gasteiger partial charge in [-0.15, -0.1) is 11.0 Å². The monoisotopic (exact) mass is 453 g/mol. The molecule has 1 aromatic carbocycles. The lowest BCUT2D eigenvalue weighted by molar-refractivity contribution is -0.151. The number of nitrogens with two attached hydrogens (primary N) is 1. The number of aromatic nitrogens is 4. The Bertz CT molecular complexity index is 1160. The molecule has 0 bridgehead atoms. The molecule has 2 heterocycles. The van der Waals surface area contributed by atoms with Crippen LogP contribution in [0.3, 0.4) is 0 Å². The first-order valence-corrected chi connectivity index (χ1v) is 8.23. The third-order valence-electron chi connectivity index (χ3n) is 3.59. The van der Waals surface area contributed by atoms with E-state index in [2.05, 4.69) is 26.9 Å². The molecule has 152 valence electrons. The minimum Gasteiger partial charge on any atom is -0.383 e. The molecule has 0 atom stereocenters. The van der Waals surface area contributed by atoms with Gasteiger partial charge in [0.25, 0.3) is 0 Å². The van der Waals surface area contributed by atoms with Crippen LogP contribution in [0.15, 0.2) is 12.1 Å². The lowest BCUT2D eigenvalue weighted by Gasteiger charge is -2.11. The second-order valence-electron chi connectivity index (χ2n) is 5.55. The van der Waals surface area contributed by atoms with Crippen molar-refractivity contribution in [2.24, 2.45) is 0 Å². The van der Waals surface area contributed by atoms with Crippen molar-refractivity contribution in [1.29, 1.82) is 0 Å². The van der Waals surface area contributed by atoms with Crippen LogP contribution >= 0.6 is 23.2 Å². The summed E-state index contributed by atoms with van der Waals surface area (Å²) in [6, 6.07) is 2.70. The highest BCUT2D eigenvalue weighted by molar-refractivity contribution is 6.38. The maximum absolute atomic E-state index is 13.4. The van der Waals surface area contributed by atoms with Gasteiger partial charge in [0.1, 0.15) is 11.5 Å². The zero-order valence-electron chi connectivity index (χ0n) is 14.0. The molecular weight excluding hydrogens is 447 g/mol. The number of halogens is 8. The molecule has 0 amide bonds.